The third-order valence-corrected chi connectivity index (χ3v) is 2.42. The Labute approximate surface area is 83.5 Å². The summed E-state index contributed by atoms with van der Waals surface area (Å²) in [6.07, 6.45) is 6.91. The molecule has 0 aliphatic carbocycles. The van der Waals surface area contributed by atoms with Gasteiger partial charge in [-0.05, 0) is 25.7 Å². The Balaban J connectivity index is 3.50. The molecule has 0 aromatic carbocycles. The zero-order valence-electron chi connectivity index (χ0n) is 9.77. The van der Waals surface area contributed by atoms with Crippen LogP contribution in [0.1, 0.15) is 66.2 Å². The first-order valence-electron chi connectivity index (χ1n) is 5.70. The predicted octanol–water partition coefficient (Wildman–Crippen LogP) is 3.75. The molecule has 0 bridgehead atoms. The van der Waals surface area contributed by atoms with Crippen LogP contribution in [0, 0.1) is 5.92 Å². The summed E-state index contributed by atoms with van der Waals surface area (Å²) >= 11 is 0. The van der Waals surface area contributed by atoms with Crippen molar-refractivity contribution in [1.29, 1.82) is 0 Å². The van der Waals surface area contributed by atoms with E-state index in [1.807, 2.05) is 6.92 Å². The average molecular weight is 186 g/mol. The Bertz CT molecular complexity index is 116. The molecule has 1 heteroatoms. The minimum Gasteiger partial charge on any atom is -0.390 e. The molecule has 0 saturated heterocycles. The maximum Gasteiger partial charge on any atom is 0.0622 e. The van der Waals surface area contributed by atoms with Gasteiger partial charge in [0, 0.05) is 0 Å². The summed E-state index contributed by atoms with van der Waals surface area (Å²) < 4.78 is 0. The van der Waals surface area contributed by atoms with Crippen LogP contribution in [0.15, 0.2) is 0 Å². The number of unbranched alkanes of at least 4 members (excludes halogenated alkanes) is 3. The smallest absolute Gasteiger partial charge is 0.0622 e. The lowest BCUT2D eigenvalue weighted by atomic mass is 9.89. The van der Waals surface area contributed by atoms with E-state index in [9.17, 15) is 5.11 Å². The molecule has 1 atom stereocenters. The molecular formula is C12H26O. The number of aliphatic hydroxyl groups is 1. The van der Waals surface area contributed by atoms with E-state index in [-0.39, 0.29) is 0 Å². The topological polar surface area (TPSA) is 20.2 Å². The second kappa shape index (κ2) is 6.42. The van der Waals surface area contributed by atoms with E-state index in [1.54, 1.807) is 0 Å². The van der Waals surface area contributed by atoms with E-state index in [0.717, 1.165) is 12.8 Å². The van der Waals surface area contributed by atoms with Crippen molar-refractivity contribution in [3.8, 4) is 0 Å². The van der Waals surface area contributed by atoms with Gasteiger partial charge in [0.25, 0.3) is 0 Å². The van der Waals surface area contributed by atoms with Gasteiger partial charge in [-0.1, -0.05) is 46.5 Å². The number of hydrogen-bond donors (Lipinski definition) is 1. The molecule has 0 rings (SSSR count). The first kappa shape index (κ1) is 13.0. The van der Waals surface area contributed by atoms with Crippen LogP contribution >= 0.6 is 0 Å². The van der Waals surface area contributed by atoms with Crippen LogP contribution in [0.4, 0.5) is 0 Å². The van der Waals surface area contributed by atoms with Gasteiger partial charge in [-0.2, -0.15) is 0 Å². The predicted molar refractivity (Wildman–Crippen MR) is 58.8 cm³/mol. The van der Waals surface area contributed by atoms with Gasteiger partial charge in [-0.3, -0.25) is 0 Å². The Hall–Kier alpha value is -0.0400. The second-order valence-electron chi connectivity index (χ2n) is 4.91. The second-order valence-corrected chi connectivity index (χ2v) is 4.91. The fourth-order valence-electron chi connectivity index (χ4n) is 1.91. The van der Waals surface area contributed by atoms with Gasteiger partial charge in [-0.25, -0.2) is 0 Å². The van der Waals surface area contributed by atoms with Crippen LogP contribution in [-0.4, -0.2) is 10.7 Å². The highest BCUT2D eigenvalue weighted by atomic mass is 16.3. The third-order valence-electron chi connectivity index (χ3n) is 2.42. The van der Waals surface area contributed by atoms with Gasteiger partial charge in [0.2, 0.25) is 0 Å². The molecule has 1 N–H and O–H groups in total. The molecule has 0 aliphatic rings. The van der Waals surface area contributed by atoms with E-state index in [2.05, 4.69) is 20.8 Å². The van der Waals surface area contributed by atoms with E-state index in [0.29, 0.717) is 5.92 Å². The molecule has 0 aromatic heterocycles. The van der Waals surface area contributed by atoms with Crippen LogP contribution in [0.5, 0.6) is 0 Å². The number of rotatable bonds is 7. The van der Waals surface area contributed by atoms with E-state index in [4.69, 9.17) is 0 Å². The van der Waals surface area contributed by atoms with E-state index in [1.165, 1.54) is 25.7 Å². The number of hydrogen-bond acceptors (Lipinski definition) is 1. The van der Waals surface area contributed by atoms with Crippen LogP contribution < -0.4 is 0 Å². The maximum atomic E-state index is 9.98. The summed E-state index contributed by atoms with van der Waals surface area (Å²) in [4.78, 5) is 0. The zero-order chi connectivity index (χ0) is 10.3. The average Bonchev–Trinajstić information content (AvgIpc) is 1.95. The highest BCUT2D eigenvalue weighted by molar-refractivity contribution is 4.73. The third kappa shape index (κ3) is 8.29. The maximum absolute atomic E-state index is 9.98. The Morgan fingerprint density at radius 1 is 1.15 bits per heavy atom. The van der Waals surface area contributed by atoms with Crippen molar-refractivity contribution in [2.45, 2.75) is 71.8 Å². The lowest BCUT2D eigenvalue weighted by Crippen LogP contribution is -2.25. The Morgan fingerprint density at radius 3 is 2.23 bits per heavy atom. The van der Waals surface area contributed by atoms with Crippen LogP contribution in [-0.2, 0) is 0 Å². The van der Waals surface area contributed by atoms with Gasteiger partial charge in [0.1, 0.15) is 0 Å². The van der Waals surface area contributed by atoms with Crippen molar-refractivity contribution in [2.75, 3.05) is 0 Å². The van der Waals surface area contributed by atoms with Crippen molar-refractivity contribution in [1.82, 2.24) is 0 Å². The molecule has 0 aliphatic heterocycles. The van der Waals surface area contributed by atoms with Gasteiger partial charge in [0.05, 0.1) is 5.60 Å². The Kier molecular flexibility index (Phi) is 6.40. The van der Waals surface area contributed by atoms with Crippen LogP contribution in [0.3, 0.4) is 0 Å². The fraction of sp³-hybridized carbons (Fsp3) is 1.00. The van der Waals surface area contributed by atoms with Gasteiger partial charge in [0.15, 0.2) is 0 Å². The van der Waals surface area contributed by atoms with E-state index < -0.39 is 5.60 Å². The van der Waals surface area contributed by atoms with Crippen molar-refractivity contribution in [2.24, 2.45) is 5.92 Å². The molecule has 1 nitrogen and oxygen atoms in total. The summed E-state index contributed by atoms with van der Waals surface area (Å²) in [7, 11) is 0. The quantitative estimate of drug-likeness (QED) is 0.600. The molecule has 0 radical (unpaired) electrons. The fourth-order valence-corrected chi connectivity index (χ4v) is 1.91. The lowest BCUT2D eigenvalue weighted by molar-refractivity contribution is 0.0274. The van der Waals surface area contributed by atoms with Crippen molar-refractivity contribution in [3.05, 3.63) is 0 Å². The minimum absolute atomic E-state index is 0.429. The largest absolute Gasteiger partial charge is 0.390 e. The van der Waals surface area contributed by atoms with E-state index >= 15 is 0 Å². The minimum atomic E-state index is -0.429. The summed E-state index contributed by atoms with van der Waals surface area (Å²) in [6.45, 7) is 8.52. The Morgan fingerprint density at radius 2 is 1.77 bits per heavy atom. The monoisotopic (exact) mass is 186 g/mol. The van der Waals surface area contributed by atoms with Crippen LogP contribution in [0.25, 0.3) is 0 Å². The molecule has 0 amide bonds. The zero-order valence-corrected chi connectivity index (χ0v) is 9.77. The molecule has 0 fully saturated rings. The highest BCUT2D eigenvalue weighted by Crippen LogP contribution is 2.22. The molecule has 0 spiro atoms. The summed E-state index contributed by atoms with van der Waals surface area (Å²) in [6, 6.07) is 0. The molecule has 80 valence electrons. The van der Waals surface area contributed by atoms with Gasteiger partial charge in [-0.15, -0.1) is 0 Å². The molecule has 0 saturated carbocycles. The van der Waals surface area contributed by atoms with Crippen molar-refractivity contribution < 1.29 is 5.11 Å². The molecule has 13 heavy (non-hydrogen) atoms. The van der Waals surface area contributed by atoms with Crippen molar-refractivity contribution in [3.63, 3.8) is 0 Å². The molecule has 0 heterocycles. The lowest BCUT2D eigenvalue weighted by Gasteiger charge is -2.25. The molecule has 0 aromatic rings. The van der Waals surface area contributed by atoms with Gasteiger partial charge >= 0.3 is 0 Å². The van der Waals surface area contributed by atoms with Gasteiger partial charge < -0.3 is 5.11 Å². The molecule has 1 unspecified atom stereocenters. The molecular weight excluding hydrogens is 160 g/mol. The standard InChI is InChI=1S/C12H26O/c1-5-6-7-8-9-12(4,13)10-11(2)3/h11,13H,5-10H2,1-4H3. The SMILES string of the molecule is CCCCCCC(C)(O)CC(C)C. The summed E-state index contributed by atoms with van der Waals surface area (Å²) in [5.74, 6) is 0.598. The highest BCUT2D eigenvalue weighted by Gasteiger charge is 2.20. The summed E-state index contributed by atoms with van der Waals surface area (Å²) in [5, 5.41) is 9.98. The first-order valence-corrected chi connectivity index (χ1v) is 5.70. The normalized spacial score (nSPS) is 16.2. The summed E-state index contributed by atoms with van der Waals surface area (Å²) in [5.41, 5.74) is -0.429. The van der Waals surface area contributed by atoms with Crippen LogP contribution in [0.2, 0.25) is 0 Å². The van der Waals surface area contributed by atoms with Crippen molar-refractivity contribution >= 4 is 0 Å². The first-order chi connectivity index (χ1) is 5.98.